The van der Waals surface area contributed by atoms with Crippen molar-refractivity contribution in [3.8, 4) is 11.8 Å². The van der Waals surface area contributed by atoms with Crippen LogP contribution in [0.3, 0.4) is 0 Å². The zero-order valence-electron chi connectivity index (χ0n) is 14.8. The molecule has 1 N–H and O–H groups in total. The molecular formula is C21H22N2O2. The highest BCUT2D eigenvalue weighted by Gasteiger charge is 2.10. The molecule has 0 saturated carbocycles. The van der Waals surface area contributed by atoms with E-state index in [1.807, 2.05) is 69.3 Å². The van der Waals surface area contributed by atoms with Gasteiger partial charge in [-0.25, -0.2) is 0 Å². The van der Waals surface area contributed by atoms with Gasteiger partial charge in [0, 0.05) is 5.69 Å². The van der Waals surface area contributed by atoms with E-state index in [1.54, 1.807) is 6.08 Å². The molecule has 2 rings (SSSR count). The number of nitrogens with one attached hydrogen (secondary N) is 1. The average molecular weight is 334 g/mol. The number of ether oxygens (including phenoxy) is 1. The standard InChI is InChI=1S/C21H22N2O2/c1-4-10-25-20-7-5-6-17(13-20)12-18(14-22)21(24)23-19-9-8-15(2)16(3)11-19/h5-9,11-13H,4,10H2,1-3H3,(H,23,24)/b18-12-. The van der Waals surface area contributed by atoms with E-state index in [2.05, 4.69) is 5.32 Å². The van der Waals surface area contributed by atoms with E-state index < -0.39 is 5.91 Å². The van der Waals surface area contributed by atoms with E-state index in [4.69, 9.17) is 4.74 Å². The molecule has 0 aliphatic heterocycles. The molecule has 25 heavy (non-hydrogen) atoms. The zero-order valence-corrected chi connectivity index (χ0v) is 14.8. The summed E-state index contributed by atoms with van der Waals surface area (Å²) in [5.74, 6) is 0.299. The summed E-state index contributed by atoms with van der Waals surface area (Å²) in [7, 11) is 0. The Hall–Kier alpha value is -3.06. The number of nitrogens with zero attached hydrogens (tertiary/aromatic N) is 1. The van der Waals surface area contributed by atoms with Gasteiger partial charge >= 0.3 is 0 Å². The van der Waals surface area contributed by atoms with Crippen molar-refractivity contribution in [3.05, 3.63) is 64.7 Å². The maximum Gasteiger partial charge on any atom is 0.266 e. The largest absolute Gasteiger partial charge is 0.494 e. The van der Waals surface area contributed by atoms with Crippen molar-refractivity contribution in [2.45, 2.75) is 27.2 Å². The molecule has 0 saturated heterocycles. The SMILES string of the molecule is CCCOc1cccc(/C=C(/C#N)C(=O)Nc2ccc(C)c(C)c2)c1. The molecule has 0 aromatic heterocycles. The molecule has 0 heterocycles. The molecule has 0 radical (unpaired) electrons. The molecule has 0 fully saturated rings. The predicted octanol–water partition coefficient (Wildman–Crippen LogP) is 4.64. The highest BCUT2D eigenvalue weighted by atomic mass is 16.5. The minimum atomic E-state index is -0.425. The van der Waals surface area contributed by atoms with Crippen molar-refractivity contribution in [2.24, 2.45) is 0 Å². The number of hydrogen-bond acceptors (Lipinski definition) is 3. The van der Waals surface area contributed by atoms with E-state index in [0.29, 0.717) is 12.3 Å². The zero-order chi connectivity index (χ0) is 18.2. The molecule has 2 aromatic carbocycles. The van der Waals surface area contributed by atoms with Crippen molar-refractivity contribution in [1.82, 2.24) is 0 Å². The Balaban J connectivity index is 2.17. The normalized spacial score (nSPS) is 10.9. The van der Waals surface area contributed by atoms with Gasteiger partial charge in [0.25, 0.3) is 5.91 Å². The third-order valence-electron chi connectivity index (χ3n) is 3.77. The van der Waals surface area contributed by atoms with Crippen LogP contribution in [0.15, 0.2) is 48.0 Å². The minimum Gasteiger partial charge on any atom is -0.494 e. The molecule has 0 atom stereocenters. The van der Waals surface area contributed by atoms with Crippen LogP contribution in [0.4, 0.5) is 5.69 Å². The minimum absolute atomic E-state index is 0.0471. The number of benzene rings is 2. The van der Waals surface area contributed by atoms with Crippen molar-refractivity contribution in [2.75, 3.05) is 11.9 Å². The first-order chi connectivity index (χ1) is 12.0. The van der Waals surface area contributed by atoms with E-state index in [9.17, 15) is 10.1 Å². The van der Waals surface area contributed by atoms with Crippen LogP contribution in [0.2, 0.25) is 0 Å². The fraction of sp³-hybridized carbons (Fsp3) is 0.238. The first-order valence-corrected chi connectivity index (χ1v) is 8.26. The summed E-state index contributed by atoms with van der Waals surface area (Å²) in [5, 5.41) is 12.1. The van der Waals surface area contributed by atoms with Gasteiger partial charge in [-0.05, 0) is 67.3 Å². The number of aryl methyl sites for hydroxylation is 2. The maximum absolute atomic E-state index is 12.4. The number of hydrogen-bond donors (Lipinski definition) is 1. The molecule has 0 aliphatic carbocycles. The summed E-state index contributed by atoms with van der Waals surface area (Å²) in [5.41, 5.74) is 3.71. The van der Waals surface area contributed by atoms with E-state index >= 15 is 0 Å². The lowest BCUT2D eigenvalue weighted by atomic mass is 10.1. The van der Waals surface area contributed by atoms with E-state index in [-0.39, 0.29) is 5.57 Å². The lowest BCUT2D eigenvalue weighted by Crippen LogP contribution is -2.13. The van der Waals surface area contributed by atoms with Crippen molar-refractivity contribution in [1.29, 1.82) is 5.26 Å². The topological polar surface area (TPSA) is 62.1 Å². The van der Waals surface area contributed by atoms with Gasteiger partial charge in [0.05, 0.1) is 6.61 Å². The van der Waals surface area contributed by atoms with Crippen LogP contribution in [0.5, 0.6) is 5.75 Å². The molecule has 0 spiro atoms. The highest BCUT2D eigenvalue weighted by Crippen LogP contribution is 2.18. The van der Waals surface area contributed by atoms with Crippen LogP contribution in [0, 0.1) is 25.2 Å². The third-order valence-corrected chi connectivity index (χ3v) is 3.77. The molecule has 128 valence electrons. The Kier molecular flexibility index (Phi) is 6.36. The van der Waals surface area contributed by atoms with Gasteiger partial charge in [0.2, 0.25) is 0 Å². The third kappa shape index (κ3) is 5.22. The lowest BCUT2D eigenvalue weighted by molar-refractivity contribution is -0.112. The fourth-order valence-electron chi connectivity index (χ4n) is 2.25. The number of rotatable bonds is 6. The number of amides is 1. The van der Waals surface area contributed by atoms with Crippen molar-refractivity contribution >= 4 is 17.7 Å². The summed E-state index contributed by atoms with van der Waals surface area (Å²) < 4.78 is 5.58. The summed E-state index contributed by atoms with van der Waals surface area (Å²) in [4.78, 5) is 12.4. The maximum atomic E-state index is 12.4. The van der Waals surface area contributed by atoms with E-state index in [0.717, 1.165) is 28.9 Å². The molecule has 0 aliphatic rings. The van der Waals surface area contributed by atoms with Gasteiger partial charge in [-0.15, -0.1) is 0 Å². The van der Waals surface area contributed by atoms with Gasteiger partial charge in [-0.3, -0.25) is 4.79 Å². The van der Waals surface area contributed by atoms with Gasteiger partial charge in [0.1, 0.15) is 17.4 Å². The van der Waals surface area contributed by atoms with Crippen LogP contribution < -0.4 is 10.1 Å². The summed E-state index contributed by atoms with van der Waals surface area (Å²) in [6, 6.07) is 15.0. The highest BCUT2D eigenvalue weighted by molar-refractivity contribution is 6.09. The molecular weight excluding hydrogens is 312 g/mol. The van der Waals surface area contributed by atoms with Gasteiger partial charge in [0.15, 0.2) is 0 Å². The summed E-state index contributed by atoms with van der Waals surface area (Å²) in [6.45, 7) is 6.66. The first-order valence-electron chi connectivity index (χ1n) is 8.26. The number of carbonyl (C=O) groups excluding carboxylic acids is 1. The predicted molar refractivity (Wildman–Crippen MR) is 100 cm³/mol. The van der Waals surface area contributed by atoms with Crippen LogP contribution in [0.1, 0.15) is 30.0 Å². The smallest absolute Gasteiger partial charge is 0.266 e. The Labute approximate surface area is 148 Å². The monoisotopic (exact) mass is 334 g/mol. The Morgan fingerprint density at radius 3 is 2.68 bits per heavy atom. The fourth-order valence-corrected chi connectivity index (χ4v) is 2.25. The van der Waals surface area contributed by atoms with Crippen molar-refractivity contribution in [3.63, 3.8) is 0 Å². The summed E-state index contributed by atoms with van der Waals surface area (Å²) in [6.07, 6.45) is 2.48. The molecule has 0 bridgehead atoms. The first kappa shape index (κ1) is 18.3. The van der Waals surface area contributed by atoms with Crippen LogP contribution in [0.25, 0.3) is 6.08 Å². The molecule has 4 heteroatoms. The lowest BCUT2D eigenvalue weighted by Gasteiger charge is -2.08. The molecule has 1 amide bonds. The average Bonchev–Trinajstić information content (AvgIpc) is 2.61. The van der Waals surface area contributed by atoms with Crippen LogP contribution in [-0.4, -0.2) is 12.5 Å². The van der Waals surface area contributed by atoms with Crippen molar-refractivity contribution < 1.29 is 9.53 Å². The van der Waals surface area contributed by atoms with Gasteiger partial charge in [-0.2, -0.15) is 5.26 Å². The second-order valence-corrected chi connectivity index (χ2v) is 5.84. The Morgan fingerprint density at radius 2 is 2.00 bits per heavy atom. The van der Waals surface area contributed by atoms with Gasteiger partial charge < -0.3 is 10.1 Å². The second kappa shape index (κ2) is 8.70. The van der Waals surface area contributed by atoms with Gasteiger partial charge in [-0.1, -0.05) is 25.1 Å². The second-order valence-electron chi connectivity index (χ2n) is 5.84. The van der Waals surface area contributed by atoms with Crippen LogP contribution in [-0.2, 0) is 4.79 Å². The Morgan fingerprint density at radius 1 is 1.20 bits per heavy atom. The quantitative estimate of drug-likeness (QED) is 0.618. The molecule has 0 unspecified atom stereocenters. The molecule has 2 aromatic rings. The number of anilines is 1. The number of carbonyl (C=O) groups is 1. The Bertz CT molecular complexity index is 832. The number of nitriles is 1. The van der Waals surface area contributed by atoms with E-state index in [1.165, 1.54) is 0 Å². The summed E-state index contributed by atoms with van der Waals surface area (Å²) >= 11 is 0. The van der Waals surface area contributed by atoms with Crippen LogP contribution >= 0.6 is 0 Å². The molecule has 4 nitrogen and oxygen atoms in total.